The van der Waals surface area contributed by atoms with Crippen molar-refractivity contribution in [1.82, 2.24) is 10.2 Å². The van der Waals surface area contributed by atoms with Gasteiger partial charge in [-0.2, -0.15) is 0 Å². The monoisotopic (exact) mass is 525 g/mol. The molecule has 0 aliphatic heterocycles. The number of methoxy groups -OCH3 is 2. The summed E-state index contributed by atoms with van der Waals surface area (Å²) in [6.45, 7) is 1.19. The zero-order valence-corrected chi connectivity index (χ0v) is 22.1. The second kappa shape index (κ2) is 12.3. The minimum atomic E-state index is -4.16. The Morgan fingerprint density at radius 3 is 2.05 bits per heavy atom. The minimum absolute atomic E-state index is 0.0199. The fourth-order valence-electron chi connectivity index (χ4n) is 3.80. The maximum absolute atomic E-state index is 13.8. The Labute approximate surface area is 217 Å². The summed E-state index contributed by atoms with van der Waals surface area (Å²) < 4.78 is 39.2. The number of rotatable bonds is 11. The fraction of sp³-hybridized carbons (Fsp3) is 0.259. The maximum Gasteiger partial charge on any atom is 0.264 e. The zero-order chi connectivity index (χ0) is 27.0. The lowest BCUT2D eigenvalue weighted by molar-refractivity contribution is -0.139. The Morgan fingerprint density at radius 1 is 0.892 bits per heavy atom. The fourth-order valence-corrected chi connectivity index (χ4v) is 5.23. The molecule has 1 N–H and O–H groups in total. The molecular weight excluding hydrogens is 494 g/mol. The number of carbonyl (C=O) groups excluding carboxylic acids is 2. The summed E-state index contributed by atoms with van der Waals surface area (Å²) in [5, 5.41) is 2.56. The number of anilines is 1. The third-order valence-electron chi connectivity index (χ3n) is 5.87. The Hall–Kier alpha value is -4.05. The van der Waals surface area contributed by atoms with Gasteiger partial charge in [-0.1, -0.05) is 48.5 Å². The predicted molar refractivity (Wildman–Crippen MR) is 141 cm³/mol. The Balaban J connectivity index is 2.07. The first kappa shape index (κ1) is 27.5. The van der Waals surface area contributed by atoms with Crippen LogP contribution in [0.25, 0.3) is 0 Å². The van der Waals surface area contributed by atoms with Gasteiger partial charge >= 0.3 is 0 Å². The molecule has 3 aromatic rings. The summed E-state index contributed by atoms with van der Waals surface area (Å²) in [7, 11) is 0.237. The van der Waals surface area contributed by atoms with E-state index in [1.165, 1.54) is 44.4 Å². The van der Waals surface area contributed by atoms with Crippen LogP contribution in [0, 0.1) is 0 Å². The van der Waals surface area contributed by atoms with Crippen molar-refractivity contribution in [3.63, 3.8) is 0 Å². The van der Waals surface area contributed by atoms with E-state index >= 15 is 0 Å². The van der Waals surface area contributed by atoms with Gasteiger partial charge in [-0.25, -0.2) is 8.42 Å². The van der Waals surface area contributed by atoms with Crippen molar-refractivity contribution >= 4 is 27.5 Å². The van der Waals surface area contributed by atoms with Crippen molar-refractivity contribution in [2.75, 3.05) is 32.1 Å². The average Bonchev–Trinajstić information content (AvgIpc) is 2.94. The van der Waals surface area contributed by atoms with E-state index in [1.54, 1.807) is 37.3 Å². The molecule has 10 heteroatoms. The highest BCUT2D eigenvalue weighted by Gasteiger charge is 2.32. The Bertz CT molecular complexity index is 1320. The molecule has 0 heterocycles. The summed E-state index contributed by atoms with van der Waals surface area (Å²) >= 11 is 0. The van der Waals surface area contributed by atoms with Crippen LogP contribution >= 0.6 is 0 Å². The van der Waals surface area contributed by atoms with Gasteiger partial charge in [0.15, 0.2) is 11.5 Å². The van der Waals surface area contributed by atoms with E-state index < -0.39 is 28.5 Å². The molecule has 0 saturated carbocycles. The van der Waals surface area contributed by atoms with Crippen LogP contribution in [0.2, 0.25) is 0 Å². The van der Waals surface area contributed by atoms with Crippen molar-refractivity contribution in [3.8, 4) is 11.5 Å². The third-order valence-corrected chi connectivity index (χ3v) is 7.66. The molecule has 0 aliphatic rings. The number of sulfonamides is 1. The van der Waals surface area contributed by atoms with Crippen LogP contribution in [0.3, 0.4) is 0 Å². The number of carbonyl (C=O) groups is 2. The van der Waals surface area contributed by atoms with E-state index in [4.69, 9.17) is 9.47 Å². The van der Waals surface area contributed by atoms with Crippen LogP contribution in [0.4, 0.5) is 5.69 Å². The van der Waals surface area contributed by atoms with Crippen LogP contribution in [-0.2, 0) is 26.2 Å². The third kappa shape index (κ3) is 6.39. The lowest BCUT2D eigenvalue weighted by Crippen LogP contribution is -2.50. The SMILES string of the molecule is CNC(=O)[C@@H](C)N(Cc1ccccc1)C(=O)CN(c1ccc(OC)c(OC)c1)S(=O)(=O)c1ccccc1. The second-order valence-corrected chi connectivity index (χ2v) is 10.0. The van der Waals surface area contributed by atoms with Crippen LogP contribution in [-0.4, -0.2) is 59.0 Å². The topological polar surface area (TPSA) is 105 Å². The van der Waals surface area contributed by atoms with Crippen molar-refractivity contribution in [2.24, 2.45) is 0 Å². The molecule has 0 bridgehead atoms. The van der Waals surface area contributed by atoms with Crippen LogP contribution in [0.5, 0.6) is 11.5 Å². The van der Waals surface area contributed by atoms with Gasteiger partial charge in [0, 0.05) is 19.7 Å². The van der Waals surface area contributed by atoms with Crippen molar-refractivity contribution in [3.05, 3.63) is 84.4 Å². The quantitative estimate of drug-likeness (QED) is 0.413. The highest BCUT2D eigenvalue weighted by molar-refractivity contribution is 7.92. The number of nitrogens with zero attached hydrogens (tertiary/aromatic N) is 2. The molecule has 3 aromatic carbocycles. The van der Waals surface area contributed by atoms with Gasteiger partial charge in [-0.3, -0.25) is 13.9 Å². The highest BCUT2D eigenvalue weighted by Crippen LogP contribution is 2.34. The van der Waals surface area contributed by atoms with E-state index in [0.29, 0.717) is 11.5 Å². The van der Waals surface area contributed by atoms with E-state index in [-0.39, 0.29) is 23.0 Å². The predicted octanol–water partition coefficient (Wildman–Crippen LogP) is 3.06. The molecule has 0 radical (unpaired) electrons. The largest absolute Gasteiger partial charge is 0.493 e. The average molecular weight is 526 g/mol. The molecule has 196 valence electrons. The van der Waals surface area contributed by atoms with Gasteiger partial charge < -0.3 is 19.7 Å². The molecule has 3 rings (SSSR count). The minimum Gasteiger partial charge on any atom is -0.493 e. The molecule has 0 aromatic heterocycles. The number of benzene rings is 3. The van der Waals surface area contributed by atoms with E-state index in [1.807, 2.05) is 30.3 Å². The first-order valence-corrected chi connectivity index (χ1v) is 13.0. The summed E-state index contributed by atoms with van der Waals surface area (Å²) in [6.07, 6.45) is 0. The molecule has 0 spiro atoms. The molecule has 37 heavy (non-hydrogen) atoms. The summed E-state index contributed by atoms with van der Waals surface area (Å²) in [5.41, 5.74) is 1.01. The maximum atomic E-state index is 13.8. The molecule has 1 atom stereocenters. The van der Waals surface area contributed by atoms with Gasteiger partial charge in [0.25, 0.3) is 10.0 Å². The van der Waals surface area contributed by atoms with Crippen molar-refractivity contribution < 1.29 is 27.5 Å². The van der Waals surface area contributed by atoms with Gasteiger partial charge in [0.1, 0.15) is 12.6 Å². The number of ether oxygens (including phenoxy) is 2. The molecule has 0 unspecified atom stereocenters. The summed E-state index contributed by atoms with van der Waals surface area (Å²) in [6, 6.07) is 20.8. The first-order valence-electron chi connectivity index (χ1n) is 11.6. The summed E-state index contributed by atoms with van der Waals surface area (Å²) in [5.74, 6) is -0.198. The van der Waals surface area contributed by atoms with Gasteiger partial charge in [0.2, 0.25) is 11.8 Å². The first-order chi connectivity index (χ1) is 17.7. The van der Waals surface area contributed by atoms with Crippen molar-refractivity contribution in [2.45, 2.75) is 24.4 Å². The molecule has 0 fully saturated rings. The normalized spacial score (nSPS) is 11.8. The number of hydrogen-bond acceptors (Lipinski definition) is 6. The second-order valence-electron chi connectivity index (χ2n) is 8.16. The number of hydrogen-bond donors (Lipinski definition) is 1. The number of amides is 2. The van der Waals surface area contributed by atoms with E-state index in [9.17, 15) is 18.0 Å². The van der Waals surface area contributed by atoms with Gasteiger partial charge in [-0.05, 0) is 36.8 Å². The molecule has 0 saturated heterocycles. The standard InChI is InChI=1S/C27H31N3O6S/c1-20(27(32)28-2)29(18-21-11-7-5-8-12-21)26(31)19-30(37(33,34)23-13-9-6-10-14-23)22-15-16-24(35-3)25(17-22)36-4/h5-17,20H,18-19H2,1-4H3,(H,28,32)/t20-/m1/s1. The lowest BCUT2D eigenvalue weighted by atomic mass is 10.1. The smallest absolute Gasteiger partial charge is 0.264 e. The van der Waals surface area contributed by atoms with Crippen LogP contribution in [0.1, 0.15) is 12.5 Å². The highest BCUT2D eigenvalue weighted by atomic mass is 32.2. The molecule has 9 nitrogen and oxygen atoms in total. The van der Waals surface area contributed by atoms with Crippen molar-refractivity contribution in [1.29, 1.82) is 0 Å². The Morgan fingerprint density at radius 2 is 1.49 bits per heavy atom. The number of nitrogens with one attached hydrogen (secondary N) is 1. The van der Waals surface area contributed by atoms with Gasteiger partial charge in [-0.15, -0.1) is 0 Å². The molecule has 2 amide bonds. The van der Waals surface area contributed by atoms with Crippen LogP contribution in [0.15, 0.2) is 83.8 Å². The lowest BCUT2D eigenvalue weighted by Gasteiger charge is -2.32. The summed E-state index contributed by atoms with van der Waals surface area (Å²) in [4.78, 5) is 27.6. The number of likely N-dealkylation sites (N-methyl/N-ethyl adjacent to an activating group) is 1. The molecule has 0 aliphatic carbocycles. The van der Waals surface area contributed by atoms with E-state index in [0.717, 1.165) is 9.87 Å². The van der Waals surface area contributed by atoms with E-state index in [2.05, 4.69) is 5.32 Å². The molecular formula is C27H31N3O6S. The van der Waals surface area contributed by atoms with Gasteiger partial charge in [0.05, 0.1) is 24.8 Å². The zero-order valence-electron chi connectivity index (χ0n) is 21.2. The Kier molecular flexibility index (Phi) is 9.13. The van der Waals surface area contributed by atoms with Crippen LogP contribution < -0.4 is 19.1 Å².